The predicted molar refractivity (Wildman–Crippen MR) is 106 cm³/mol. The summed E-state index contributed by atoms with van der Waals surface area (Å²) in [6, 6.07) is 16.4. The Balaban J connectivity index is 1.62. The van der Waals surface area contributed by atoms with Crippen LogP contribution in [-0.2, 0) is 6.42 Å². The predicted octanol–water partition coefficient (Wildman–Crippen LogP) is 4.18. The molecule has 5 heteroatoms. The Morgan fingerprint density at radius 2 is 1.96 bits per heavy atom. The van der Waals surface area contributed by atoms with Crippen molar-refractivity contribution in [2.45, 2.75) is 38.3 Å². The fraction of sp³-hybridized carbons (Fsp3) is 0.409. The van der Waals surface area contributed by atoms with E-state index in [2.05, 4.69) is 36.5 Å². The molecule has 2 amide bonds. The van der Waals surface area contributed by atoms with E-state index in [1.54, 1.807) is 12.0 Å². The van der Waals surface area contributed by atoms with Gasteiger partial charge in [-0.2, -0.15) is 0 Å². The molecule has 3 rings (SSSR count). The Morgan fingerprint density at radius 1 is 1.19 bits per heavy atom. The number of rotatable bonds is 8. The summed E-state index contributed by atoms with van der Waals surface area (Å²) in [7, 11) is 3.46. The summed E-state index contributed by atoms with van der Waals surface area (Å²) in [5, 5.41) is 2.87. The van der Waals surface area contributed by atoms with Gasteiger partial charge >= 0.3 is 6.03 Å². The zero-order valence-corrected chi connectivity index (χ0v) is 16.3. The average molecular weight is 368 g/mol. The van der Waals surface area contributed by atoms with Gasteiger partial charge < -0.3 is 19.7 Å². The number of urea groups is 1. The maximum absolute atomic E-state index is 11.7. The summed E-state index contributed by atoms with van der Waals surface area (Å²) < 4.78 is 11.7. The first-order valence-electron chi connectivity index (χ1n) is 9.47. The molecule has 0 radical (unpaired) electrons. The van der Waals surface area contributed by atoms with Gasteiger partial charge in [0.2, 0.25) is 0 Å². The van der Waals surface area contributed by atoms with E-state index in [1.807, 2.05) is 31.3 Å². The van der Waals surface area contributed by atoms with Crippen LogP contribution < -0.4 is 14.8 Å². The Kier molecular flexibility index (Phi) is 6.22. The van der Waals surface area contributed by atoms with Crippen LogP contribution in [0.4, 0.5) is 4.79 Å². The summed E-state index contributed by atoms with van der Waals surface area (Å²) in [4.78, 5) is 13.5. The second kappa shape index (κ2) is 8.80. The largest absolute Gasteiger partial charge is 0.493 e. The smallest absolute Gasteiger partial charge is 0.317 e. The monoisotopic (exact) mass is 368 g/mol. The van der Waals surface area contributed by atoms with Crippen LogP contribution in [0.3, 0.4) is 0 Å². The lowest BCUT2D eigenvalue weighted by atomic mass is 10.1. The molecule has 0 saturated carbocycles. The van der Waals surface area contributed by atoms with Crippen LogP contribution >= 0.6 is 0 Å². The van der Waals surface area contributed by atoms with E-state index in [0.29, 0.717) is 12.3 Å². The highest BCUT2D eigenvalue weighted by Gasteiger charge is 2.29. The van der Waals surface area contributed by atoms with Crippen LogP contribution in [-0.4, -0.2) is 37.7 Å². The first kappa shape index (κ1) is 19.1. The highest BCUT2D eigenvalue weighted by Crippen LogP contribution is 2.34. The van der Waals surface area contributed by atoms with Crippen LogP contribution in [0.1, 0.15) is 36.9 Å². The Hall–Kier alpha value is -2.69. The van der Waals surface area contributed by atoms with Gasteiger partial charge in [0.05, 0.1) is 19.3 Å². The molecule has 27 heavy (non-hydrogen) atoms. The number of likely N-dealkylation sites (N-methyl/N-ethyl adjacent to an activating group) is 1. The first-order valence-corrected chi connectivity index (χ1v) is 9.47. The SMILES string of the molecule is COc1ccc(C2CNC(=O)N2C)cc1OC(C)CCCc1ccccc1. The first-order chi connectivity index (χ1) is 13.1. The molecular weight excluding hydrogens is 340 g/mol. The number of ether oxygens (including phenoxy) is 2. The number of carbonyl (C=O) groups is 1. The number of hydrogen-bond acceptors (Lipinski definition) is 3. The molecule has 2 unspecified atom stereocenters. The molecule has 0 bridgehead atoms. The van der Waals surface area contributed by atoms with E-state index in [-0.39, 0.29) is 18.2 Å². The van der Waals surface area contributed by atoms with Crippen molar-refractivity contribution in [2.75, 3.05) is 20.7 Å². The molecule has 2 aromatic rings. The van der Waals surface area contributed by atoms with Crippen molar-refractivity contribution < 1.29 is 14.3 Å². The quantitative estimate of drug-likeness (QED) is 0.760. The highest BCUT2D eigenvalue weighted by molar-refractivity contribution is 5.77. The maximum atomic E-state index is 11.7. The number of nitrogens with one attached hydrogen (secondary N) is 1. The van der Waals surface area contributed by atoms with Gasteiger partial charge in [0.1, 0.15) is 0 Å². The topological polar surface area (TPSA) is 50.8 Å². The van der Waals surface area contributed by atoms with Crippen molar-refractivity contribution >= 4 is 6.03 Å². The molecule has 0 spiro atoms. The third-order valence-electron chi connectivity index (χ3n) is 5.05. The summed E-state index contributed by atoms with van der Waals surface area (Å²) in [5.41, 5.74) is 2.40. The van der Waals surface area contributed by atoms with Gasteiger partial charge in [0, 0.05) is 13.6 Å². The van der Waals surface area contributed by atoms with Gasteiger partial charge in [0.25, 0.3) is 0 Å². The lowest BCUT2D eigenvalue weighted by molar-refractivity contribution is 0.198. The van der Waals surface area contributed by atoms with E-state index < -0.39 is 0 Å². The fourth-order valence-corrected chi connectivity index (χ4v) is 3.44. The van der Waals surface area contributed by atoms with Crippen molar-refractivity contribution in [1.82, 2.24) is 10.2 Å². The summed E-state index contributed by atoms with van der Waals surface area (Å²) in [6.07, 6.45) is 3.16. The minimum Gasteiger partial charge on any atom is -0.493 e. The van der Waals surface area contributed by atoms with E-state index in [0.717, 1.165) is 30.6 Å². The Bertz CT molecular complexity index is 763. The van der Waals surface area contributed by atoms with Gasteiger partial charge in [-0.1, -0.05) is 36.4 Å². The van der Waals surface area contributed by atoms with Gasteiger partial charge in [-0.25, -0.2) is 4.79 Å². The van der Waals surface area contributed by atoms with Crippen LogP contribution in [0.5, 0.6) is 11.5 Å². The standard InChI is InChI=1S/C22H28N2O3/c1-16(8-7-11-17-9-5-4-6-10-17)27-21-14-18(12-13-20(21)26-3)19-15-23-22(25)24(19)2/h4-6,9-10,12-14,16,19H,7-8,11,15H2,1-3H3,(H,23,25). The third kappa shape index (κ3) is 4.73. The number of nitrogens with zero attached hydrogens (tertiary/aromatic N) is 1. The molecule has 1 aliphatic rings. The van der Waals surface area contributed by atoms with Crippen LogP contribution in [0.2, 0.25) is 0 Å². The molecule has 0 aliphatic carbocycles. The molecule has 0 aromatic heterocycles. The van der Waals surface area contributed by atoms with Gasteiger partial charge in [-0.05, 0) is 49.4 Å². The molecule has 1 heterocycles. The number of hydrogen-bond donors (Lipinski definition) is 1. The van der Waals surface area contributed by atoms with Crippen LogP contribution in [0.15, 0.2) is 48.5 Å². The fourth-order valence-electron chi connectivity index (χ4n) is 3.44. The van der Waals surface area contributed by atoms with Gasteiger partial charge in [0.15, 0.2) is 11.5 Å². The zero-order chi connectivity index (χ0) is 19.2. The van der Waals surface area contributed by atoms with Crippen molar-refractivity contribution in [3.63, 3.8) is 0 Å². The Labute approximate surface area is 161 Å². The molecule has 2 aromatic carbocycles. The lowest BCUT2D eigenvalue weighted by Crippen LogP contribution is -2.25. The van der Waals surface area contributed by atoms with E-state index in [4.69, 9.17) is 9.47 Å². The average Bonchev–Trinajstić information content (AvgIpc) is 3.01. The summed E-state index contributed by atoms with van der Waals surface area (Å²) >= 11 is 0. The number of amides is 2. The van der Waals surface area contributed by atoms with Gasteiger partial charge in [-0.3, -0.25) is 0 Å². The van der Waals surface area contributed by atoms with Crippen molar-refractivity contribution in [2.24, 2.45) is 0 Å². The van der Waals surface area contributed by atoms with Crippen LogP contribution in [0.25, 0.3) is 0 Å². The van der Waals surface area contributed by atoms with E-state index in [9.17, 15) is 4.79 Å². The number of methoxy groups -OCH3 is 1. The van der Waals surface area contributed by atoms with E-state index in [1.165, 1.54) is 5.56 Å². The van der Waals surface area contributed by atoms with Crippen molar-refractivity contribution in [3.05, 3.63) is 59.7 Å². The lowest BCUT2D eigenvalue weighted by Gasteiger charge is -2.21. The van der Waals surface area contributed by atoms with Gasteiger partial charge in [-0.15, -0.1) is 0 Å². The number of carbonyl (C=O) groups excluding carboxylic acids is 1. The highest BCUT2D eigenvalue weighted by atomic mass is 16.5. The zero-order valence-electron chi connectivity index (χ0n) is 16.3. The molecule has 5 nitrogen and oxygen atoms in total. The minimum absolute atomic E-state index is 0.0131. The van der Waals surface area contributed by atoms with Crippen molar-refractivity contribution in [3.8, 4) is 11.5 Å². The Morgan fingerprint density at radius 3 is 2.63 bits per heavy atom. The summed E-state index contributed by atoms with van der Waals surface area (Å²) in [6.45, 7) is 2.69. The molecule has 144 valence electrons. The normalized spacial score (nSPS) is 17.5. The van der Waals surface area contributed by atoms with E-state index >= 15 is 0 Å². The maximum Gasteiger partial charge on any atom is 0.317 e. The molecule has 1 fully saturated rings. The second-order valence-corrected chi connectivity index (χ2v) is 7.03. The molecular formula is C22H28N2O3. The molecule has 1 N–H and O–H groups in total. The third-order valence-corrected chi connectivity index (χ3v) is 5.05. The molecule has 2 atom stereocenters. The minimum atomic E-state index is -0.0485. The summed E-state index contributed by atoms with van der Waals surface area (Å²) in [5.74, 6) is 1.45. The van der Waals surface area contributed by atoms with Crippen LogP contribution in [0, 0.1) is 0 Å². The van der Waals surface area contributed by atoms with Crippen molar-refractivity contribution in [1.29, 1.82) is 0 Å². The number of benzene rings is 2. The molecule has 1 aliphatic heterocycles. The molecule has 1 saturated heterocycles. The second-order valence-electron chi connectivity index (χ2n) is 7.03. The number of aryl methyl sites for hydroxylation is 1.